The van der Waals surface area contributed by atoms with Gasteiger partial charge < -0.3 is 4.74 Å². The first-order chi connectivity index (χ1) is 14.2. The molecule has 0 atom stereocenters. The number of carbonyl (C=O) groups excluding carboxylic acids is 1. The predicted molar refractivity (Wildman–Crippen MR) is 114 cm³/mol. The van der Waals surface area contributed by atoms with Gasteiger partial charge in [0, 0.05) is 17.4 Å². The maximum Gasteiger partial charge on any atom is 0.415 e. The highest BCUT2D eigenvalue weighted by molar-refractivity contribution is 5.87. The van der Waals surface area contributed by atoms with Gasteiger partial charge in [-0.25, -0.2) is 13.6 Å². The lowest BCUT2D eigenvalue weighted by atomic mass is 9.85. The molecule has 1 saturated carbocycles. The second-order valence-corrected chi connectivity index (χ2v) is 8.88. The largest absolute Gasteiger partial charge is 0.443 e. The fourth-order valence-electron chi connectivity index (χ4n) is 3.78. The number of amides is 1. The maximum absolute atomic E-state index is 13.2. The van der Waals surface area contributed by atoms with Crippen molar-refractivity contribution in [2.75, 3.05) is 4.90 Å². The van der Waals surface area contributed by atoms with Crippen LogP contribution < -0.4 is 4.90 Å². The van der Waals surface area contributed by atoms with E-state index in [1.807, 2.05) is 12.3 Å². The zero-order chi connectivity index (χ0) is 21.7. The van der Waals surface area contributed by atoms with Gasteiger partial charge in [0.2, 0.25) is 0 Å². The van der Waals surface area contributed by atoms with Gasteiger partial charge in [0.05, 0.1) is 12.2 Å². The lowest BCUT2D eigenvalue weighted by Gasteiger charge is -2.28. The molecule has 1 aliphatic rings. The standard InChI is InChI=1S/C24H30F2N2O2/c1-24(2,3)30-23(29)28(21-11-7-10-18(14-21)22(25)26)16-20-13-12-19(15-27-20)17-8-5-4-6-9-17/h7,10-15,17,22H,4-6,8-9,16H2,1-3H3. The zero-order valence-corrected chi connectivity index (χ0v) is 17.9. The zero-order valence-electron chi connectivity index (χ0n) is 17.9. The van der Waals surface area contributed by atoms with E-state index in [1.165, 1.54) is 60.8 Å². The molecule has 162 valence electrons. The molecule has 0 radical (unpaired) electrons. The number of pyridine rings is 1. The summed E-state index contributed by atoms with van der Waals surface area (Å²) >= 11 is 0. The summed E-state index contributed by atoms with van der Waals surface area (Å²) < 4.78 is 31.9. The van der Waals surface area contributed by atoms with Crippen molar-refractivity contribution in [3.63, 3.8) is 0 Å². The molecule has 3 rings (SSSR count). The number of carbonyl (C=O) groups is 1. The third-order valence-electron chi connectivity index (χ3n) is 5.29. The first-order valence-corrected chi connectivity index (χ1v) is 10.6. The molecule has 0 spiro atoms. The quantitative estimate of drug-likeness (QED) is 0.526. The Morgan fingerprint density at radius 1 is 1.17 bits per heavy atom. The summed E-state index contributed by atoms with van der Waals surface area (Å²) in [5, 5.41) is 0. The van der Waals surface area contributed by atoms with Gasteiger partial charge in [-0.05, 0) is 63.3 Å². The fraction of sp³-hybridized carbons (Fsp3) is 0.500. The van der Waals surface area contributed by atoms with Crippen LogP contribution in [0.4, 0.5) is 19.3 Å². The Bertz CT molecular complexity index is 841. The molecule has 0 bridgehead atoms. The van der Waals surface area contributed by atoms with Crippen molar-refractivity contribution >= 4 is 11.8 Å². The molecule has 1 heterocycles. The first-order valence-electron chi connectivity index (χ1n) is 10.6. The summed E-state index contributed by atoms with van der Waals surface area (Å²) in [5.41, 5.74) is 1.43. The number of ether oxygens (including phenoxy) is 1. The van der Waals surface area contributed by atoms with Crippen LogP contribution in [0, 0.1) is 0 Å². The molecule has 0 saturated heterocycles. The smallest absolute Gasteiger partial charge is 0.415 e. The molecular weight excluding hydrogens is 386 g/mol. The van der Waals surface area contributed by atoms with Crippen molar-refractivity contribution in [2.24, 2.45) is 0 Å². The van der Waals surface area contributed by atoms with Gasteiger partial charge in [-0.3, -0.25) is 9.88 Å². The van der Waals surface area contributed by atoms with Crippen LogP contribution in [0.15, 0.2) is 42.6 Å². The minimum Gasteiger partial charge on any atom is -0.443 e. The number of nitrogens with zero attached hydrogens (tertiary/aromatic N) is 2. The average Bonchev–Trinajstić information content (AvgIpc) is 2.72. The number of hydrogen-bond donors (Lipinski definition) is 0. The second-order valence-electron chi connectivity index (χ2n) is 8.88. The summed E-state index contributed by atoms with van der Waals surface area (Å²) in [6.45, 7) is 5.47. The Morgan fingerprint density at radius 2 is 1.90 bits per heavy atom. The highest BCUT2D eigenvalue weighted by Crippen LogP contribution is 2.32. The van der Waals surface area contributed by atoms with Crippen molar-refractivity contribution in [3.8, 4) is 0 Å². The molecule has 1 amide bonds. The molecule has 1 fully saturated rings. The van der Waals surface area contributed by atoms with Crippen LogP contribution in [0.3, 0.4) is 0 Å². The lowest BCUT2D eigenvalue weighted by Crippen LogP contribution is -2.36. The Kier molecular flexibility index (Phi) is 7.06. The van der Waals surface area contributed by atoms with E-state index in [4.69, 9.17) is 4.74 Å². The molecule has 6 heteroatoms. The van der Waals surface area contributed by atoms with Gasteiger partial charge in [0.1, 0.15) is 5.60 Å². The van der Waals surface area contributed by atoms with E-state index >= 15 is 0 Å². The maximum atomic E-state index is 13.2. The van der Waals surface area contributed by atoms with Gasteiger partial charge in [-0.2, -0.15) is 0 Å². The van der Waals surface area contributed by atoms with Crippen molar-refractivity contribution in [1.82, 2.24) is 4.98 Å². The van der Waals surface area contributed by atoms with E-state index in [0.717, 1.165) is 0 Å². The fourth-order valence-corrected chi connectivity index (χ4v) is 3.78. The number of aromatic nitrogens is 1. The molecular formula is C24H30F2N2O2. The van der Waals surface area contributed by atoms with Crippen LogP contribution >= 0.6 is 0 Å². The minimum atomic E-state index is -2.61. The molecule has 0 unspecified atom stereocenters. The molecule has 30 heavy (non-hydrogen) atoms. The van der Waals surface area contributed by atoms with Gasteiger partial charge in [0.25, 0.3) is 6.43 Å². The molecule has 1 aliphatic carbocycles. The first kappa shape index (κ1) is 22.2. The molecule has 1 aromatic heterocycles. The molecule has 0 aliphatic heterocycles. The van der Waals surface area contributed by atoms with E-state index in [9.17, 15) is 13.6 Å². The lowest BCUT2D eigenvalue weighted by molar-refractivity contribution is 0.0576. The summed E-state index contributed by atoms with van der Waals surface area (Å²) in [6.07, 6.45) is 4.85. The predicted octanol–water partition coefficient (Wildman–Crippen LogP) is 7.01. The monoisotopic (exact) mass is 416 g/mol. The highest BCUT2D eigenvalue weighted by atomic mass is 19.3. The average molecular weight is 417 g/mol. The third-order valence-corrected chi connectivity index (χ3v) is 5.29. The molecule has 0 N–H and O–H groups in total. The molecule has 4 nitrogen and oxygen atoms in total. The van der Waals surface area contributed by atoms with Crippen LogP contribution in [0.2, 0.25) is 0 Å². The number of benzene rings is 1. The summed E-state index contributed by atoms with van der Waals surface area (Å²) in [6, 6.07) is 9.81. The highest BCUT2D eigenvalue weighted by Gasteiger charge is 2.25. The number of rotatable bonds is 5. The summed E-state index contributed by atoms with van der Waals surface area (Å²) in [7, 11) is 0. The number of halogens is 2. The van der Waals surface area contributed by atoms with Crippen LogP contribution in [0.25, 0.3) is 0 Å². The molecule has 2 aromatic rings. The van der Waals surface area contributed by atoms with Crippen molar-refractivity contribution in [1.29, 1.82) is 0 Å². The van der Waals surface area contributed by atoms with Crippen LogP contribution in [-0.2, 0) is 11.3 Å². The number of alkyl halides is 2. The van der Waals surface area contributed by atoms with E-state index in [0.29, 0.717) is 17.3 Å². The number of hydrogen-bond acceptors (Lipinski definition) is 3. The van der Waals surface area contributed by atoms with Crippen molar-refractivity contribution in [2.45, 2.75) is 77.4 Å². The van der Waals surface area contributed by atoms with Gasteiger partial charge in [0.15, 0.2) is 0 Å². The topological polar surface area (TPSA) is 42.4 Å². The Morgan fingerprint density at radius 3 is 2.50 bits per heavy atom. The van der Waals surface area contributed by atoms with Gasteiger partial charge in [-0.15, -0.1) is 0 Å². The second kappa shape index (κ2) is 9.54. The van der Waals surface area contributed by atoms with Gasteiger partial charge in [-0.1, -0.05) is 37.5 Å². The minimum absolute atomic E-state index is 0.137. The Balaban J connectivity index is 1.83. The number of anilines is 1. The SMILES string of the molecule is CC(C)(C)OC(=O)N(Cc1ccc(C2CCCCC2)cn1)c1cccc(C(F)F)c1. The Labute approximate surface area is 177 Å². The summed E-state index contributed by atoms with van der Waals surface area (Å²) in [4.78, 5) is 18.8. The van der Waals surface area contributed by atoms with Crippen LogP contribution in [0.1, 0.15) is 82.0 Å². The van der Waals surface area contributed by atoms with E-state index in [-0.39, 0.29) is 12.1 Å². The van der Waals surface area contributed by atoms with E-state index in [1.54, 1.807) is 26.8 Å². The van der Waals surface area contributed by atoms with Crippen molar-refractivity contribution < 1.29 is 18.3 Å². The normalized spacial score (nSPS) is 15.3. The van der Waals surface area contributed by atoms with Gasteiger partial charge >= 0.3 is 6.09 Å². The van der Waals surface area contributed by atoms with E-state index < -0.39 is 18.1 Å². The van der Waals surface area contributed by atoms with E-state index in [2.05, 4.69) is 11.1 Å². The molecule has 1 aromatic carbocycles. The van der Waals surface area contributed by atoms with Crippen LogP contribution in [-0.4, -0.2) is 16.7 Å². The summed E-state index contributed by atoms with van der Waals surface area (Å²) in [5.74, 6) is 0.546. The van der Waals surface area contributed by atoms with Crippen molar-refractivity contribution in [3.05, 3.63) is 59.4 Å². The third kappa shape index (κ3) is 6.00. The Hall–Kier alpha value is -2.50. The van der Waals surface area contributed by atoms with Crippen LogP contribution in [0.5, 0.6) is 0 Å².